The van der Waals surface area contributed by atoms with Crippen molar-refractivity contribution in [3.8, 4) is 11.5 Å². The number of hydrogen-bond donors (Lipinski definition) is 1. The number of likely N-dealkylation sites (tertiary alicyclic amines) is 1. The molecule has 4 rings (SSSR count). The normalized spacial score (nSPS) is 19.8. The molecule has 1 saturated heterocycles. The molecule has 6 nitrogen and oxygen atoms in total. The molecule has 0 saturated carbocycles. The van der Waals surface area contributed by atoms with Gasteiger partial charge in [0.25, 0.3) is 5.91 Å². The lowest BCUT2D eigenvalue weighted by atomic mass is 9.89. The highest BCUT2D eigenvalue weighted by Gasteiger charge is 2.35. The summed E-state index contributed by atoms with van der Waals surface area (Å²) in [6.07, 6.45) is 2.22. The van der Waals surface area contributed by atoms with Crippen LogP contribution >= 0.6 is 0 Å². The van der Waals surface area contributed by atoms with Crippen LogP contribution in [0.4, 0.5) is 0 Å². The van der Waals surface area contributed by atoms with Gasteiger partial charge in [-0.25, -0.2) is 0 Å². The van der Waals surface area contributed by atoms with Crippen molar-refractivity contribution in [3.63, 3.8) is 0 Å². The highest BCUT2D eigenvalue weighted by Crippen LogP contribution is 2.41. The summed E-state index contributed by atoms with van der Waals surface area (Å²) in [6.45, 7) is 5.45. The van der Waals surface area contributed by atoms with Crippen LogP contribution in [0.3, 0.4) is 0 Å². The first-order valence-electron chi connectivity index (χ1n) is 10.4. The third-order valence-electron chi connectivity index (χ3n) is 5.74. The number of benzene rings is 2. The number of methoxy groups -OCH3 is 1. The van der Waals surface area contributed by atoms with Crippen molar-refractivity contribution in [1.82, 2.24) is 10.2 Å². The van der Waals surface area contributed by atoms with Gasteiger partial charge in [-0.2, -0.15) is 0 Å². The Kier molecular flexibility index (Phi) is 5.41. The first kappa shape index (κ1) is 20.3. The highest BCUT2D eigenvalue weighted by molar-refractivity contribution is 5.94. The summed E-state index contributed by atoms with van der Waals surface area (Å²) in [6, 6.07) is 13.0. The van der Waals surface area contributed by atoms with Crippen molar-refractivity contribution in [2.24, 2.45) is 0 Å². The number of carbonyl (C=O) groups is 2. The first-order valence-corrected chi connectivity index (χ1v) is 10.4. The van der Waals surface area contributed by atoms with Crippen LogP contribution in [-0.2, 0) is 11.3 Å². The summed E-state index contributed by atoms with van der Waals surface area (Å²) in [5, 5.41) is 3.16. The van der Waals surface area contributed by atoms with E-state index in [-0.39, 0.29) is 23.5 Å². The fourth-order valence-corrected chi connectivity index (χ4v) is 4.18. The maximum Gasteiger partial charge on any atom is 0.251 e. The molecule has 1 fully saturated rings. The number of nitrogens with zero attached hydrogens (tertiary/aromatic N) is 1. The monoisotopic (exact) mass is 408 g/mol. The van der Waals surface area contributed by atoms with E-state index in [2.05, 4.69) is 5.32 Å². The Morgan fingerprint density at radius 2 is 2.00 bits per heavy atom. The average Bonchev–Trinajstić information content (AvgIpc) is 3.12. The zero-order valence-electron chi connectivity index (χ0n) is 17.7. The van der Waals surface area contributed by atoms with Crippen molar-refractivity contribution < 1.29 is 19.1 Å². The Morgan fingerprint density at radius 3 is 2.67 bits per heavy atom. The van der Waals surface area contributed by atoms with Gasteiger partial charge in [0.2, 0.25) is 5.91 Å². The van der Waals surface area contributed by atoms with Crippen molar-refractivity contribution in [2.75, 3.05) is 13.7 Å². The van der Waals surface area contributed by atoms with E-state index in [1.54, 1.807) is 7.11 Å². The SMILES string of the molecule is COc1ccc2c(c1)[C@@H](NC(=O)c1ccc(CN3CCCC3=O)cc1)CC(C)(C)O2. The zero-order valence-corrected chi connectivity index (χ0v) is 17.7. The van der Waals surface area contributed by atoms with Gasteiger partial charge in [0.1, 0.15) is 17.1 Å². The van der Waals surface area contributed by atoms with E-state index < -0.39 is 0 Å². The second kappa shape index (κ2) is 8.01. The van der Waals surface area contributed by atoms with Crippen molar-refractivity contribution in [3.05, 3.63) is 59.2 Å². The molecule has 1 atom stereocenters. The fourth-order valence-electron chi connectivity index (χ4n) is 4.18. The summed E-state index contributed by atoms with van der Waals surface area (Å²) >= 11 is 0. The molecule has 0 spiro atoms. The molecule has 2 amide bonds. The van der Waals surface area contributed by atoms with Crippen molar-refractivity contribution in [1.29, 1.82) is 0 Å². The fraction of sp³-hybridized carbons (Fsp3) is 0.417. The van der Waals surface area contributed by atoms with E-state index in [4.69, 9.17) is 9.47 Å². The molecule has 2 aliphatic rings. The van der Waals surface area contributed by atoms with Gasteiger partial charge >= 0.3 is 0 Å². The number of amides is 2. The van der Waals surface area contributed by atoms with E-state index in [1.807, 2.05) is 61.2 Å². The quantitative estimate of drug-likeness (QED) is 0.816. The molecule has 1 N–H and O–H groups in total. The van der Waals surface area contributed by atoms with E-state index >= 15 is 0 Å². The van der Waals surface area contributed by atoms with Crippen LogP contribution in [0.2, 0.25) is 0 Å². The lowest BCUT2D eigenvalue weighted by Crippen LogP contribution is -2.41. The van der Waals surface area contributed by atoms with E-state index in [1.165, 1.54) is 0 Å². The van der Waals surface area contributed by atoms with Crippen molar-refractivity contribution in [2.45, 2.75) is 51.3 Å². The number of nitrogens with one attached hydrogen (secondary N) is 1. The van der Waals surface area contributed by atoms with Crippen LogP contribution in [0.1, 0.15) is 60.6 Å². The van der Waals surface area contributed by atoms with Crippen LogP contribution in [-0.4, -0.2) is 36.0 Å². The van der Waals surface area contributed by atoms with E-state index in [9.17, 15) is 9.59 Å². The molecule has 0 radical (unpaired) electrons. The Bertz CT molecular complexity index is 952. The van der Waals surface area contributed by atoms with Gasteiger partial charge in [0.05, 0.1) is 13.2 Å². The number of carbonyl (C=O) groups excluding carboxylic acids is 2. The molecule has 0 aromatic heterocycles. The Hall–Kier alpha value is -3.02. The molecule has 0 aliphatic carbocycles. The second-order valence-corrected chi connectivity index (χ2v) is 8.61. The standard InChI is InChI=1S/C24H28N2O4/c1-24(2)14-20(19-13-18(29-3)10-11-21(19)30-24)25-23(28)17-8-6-16(7-9-17)15-26-12-4-5-22(26)27/h6-11,13,20H,4-5,12,14-15H2,1-3H3,(H,25,28)/t20-/m0/s1. The van der Waals surface area contributed by atoms with Crippen LogP contribution in [0.25, 0.3) is 0 Å². The number of rotatable bonds is 5. The summed E-state index contributed by atoms with van der Waals surface area (Å²) < 4.78 is 11.4. The zero-order chi connectivity index (χ0) is 21.3. The Balaban J connectivity index is 1.48. The summed E-state index contributed by atoms with van der Waals surface area (Å²) in [5.74, 6) is 1.57. The molecule has 30 heavy (non-hydrogen) atoms. The number of ether oxygens (including phenoxy) is 2. The maximum atomic E-state index is 12.9. The maximum absolute atomic E-state index is 12.9. The van der Waals surface area contributed by atoms with Crippen LogP contribution in [0, 0.1) is 0 Å². The van der Waals surface area contributed by atoms with Gasteiger partial charge in [0.15, 0.2) is 0 Å². The van der Waals surface area contributed by atoms with Gasteiger partial charge in [-0.15, -0.1) is 0 Å². The summed E-state index contributed by atoms with van der Waals surface area (Å²) in [4.78, 5) is 26.6. The van der Waals surface area contributed by atoms with Gasteiger partial charge in [-0.1, -0.05) is 12.1 Å². The average molecular weight is 408 g/mol. The minimum Gasteiger partial charge on any atom is -0.497 e. The predicted molar refractivity (Wildman–Crippen MR) is 114 cm³/mol. The third kappa shape index (κ3) is 4.27. The third-order valence-corrected chi connectivity index (χ3v) is 5.74. The minimum absolute atomic E-state index is 0.129. The van der Waals surface area contributed by atoms with Crippen LogP contribution < -0.4 is 14.8 Å². The van der Waals surface area contributed by atoms with Gasteiger partial charge in [0, 0.05) is 37.1 Å². The largest absolute Gasteiger partial charge is 0.497 e. The Labute approximate surface area is 177 Å². The molecule has 2 aromatic rings. The lowest BCUT2D eigenvalue weighted by molar-refractivity contribution is -0.128. The first-order chi connectivity index (χ1) is 14.3. The molecule has 0 unspecified atom stereocenters. The Morgan fingerprint density at radius 1 is 1.23 bits per heavy atom. The predicted octanol–water partition coefficient (Wildman–Crippen LogP) is 3.85. The van der Waals surface area contributed by atoms with Gasteiger partial charge in [-0.3, -0.25) is 9.59 Å². The van der Waals surface area contributed by atoms with Crippen molar-refractivity contribution >= 4 is 11.8 Å². The van der Waals surface area contributed by atoms with Gasteiger partial charge < -0.3 is 19.7 Å². The van der Waals surface area contributed by atoms with Gasteiger partial charge in [-0.05, 0) is 56.2 Å². The van der Waals surface area contributed by atoms with E-state index in [0.29, 0.717) is 24.9 Å². The van der Waals surface area contributed by atoms with E-state index in [0.717, 1.165) is 35.6 Å². The smallest absolute Gasteiger partial charge is 0.251 e. The molecule has 0 bridgehead atoms. The second-order valence-electron chi connectivity index (χ2n) is 8.61. The van der Waals surface area contributed by atoms with Crippen LogP contribution in [0.15, 0.2) is 42.5 Å². The highest BCUT2D eigenvalue weighted by atomic mass is 16.5. The molecule has 2 aliphatic heterocycles. The number of fused-ring (bicyclic) bond motifs is 1. The molecule has 6 heteroatoms. The molecule has 2 aromatic carbocycles. The molecular weight excluding hydrogens is 380 g/mol. The van der Waals surface area contributed by atoms with Crippen LogP contribution in [0.5, 0.6) is 11.5 Å². The lowest BCUT2D eigenvalue weighted by Gasteiger charge is -2.38. The molecule has 158 valence electrons. The summed E-state index contributed by atoms with van der Waals surface area (Å²) in [7, 11) is 1.63. The summed E-state index contributed by atoms with van der Waals surface area (Å²) in [5.41, 5.74) is 2.17. The minimum atomic E-state index is -0.383. The molecular formula is C24H28N2O4. The topological polar surface area (TPSA) is 67.9 Å². The molecule has 2 heterocycles. The number of hydrogen-bond acceptors (Lipinski definition) is 4.